The molecule has 0 atom stereocenters. The van der Waals surface area contributed by atoms with E-state index in [1.807, 2.05) is 41.9 Å². The van der Waals surface area contributed by atoms with Crippen molar-refractivity contribution in [2.24, 2.45) is 0 Å². The molecule has 0 amide bonds. The van der Waals surface area contributed by atoms with Crippen LogP contribution >= 0.6 is 11.6 Å². The predicted molar refractivity (Wildman–Crippen MR) is 114 cm³/mol. The highest BCUT2D eigenvalue weighted by atomic mass is 35.5. The number of sulfonamides is 1. The Labute approximate surface area is 173 Å². The molecule has 6 nitrogen and oxygen atoms in total. The summed E-state index contributed by atoms with van der Waals surface area (Å²) in [4.78, 5) is 4.64. The number of imidazole rings is 1. The van der Waals surface area contributed by atoms with Crippen molar-refractivity contribution in [1.82, 2.24) is 9.38 Å². The van der Waals surface area contributed by atoms with Gasteiger partial charge in [-0.1, -0.05) is 29.8 Å². The van der Waals surface area contributed by atoms with E-state index in [1.54, 1.807) is 24.3 Å². The fraction of sp³-hybridized carbons (Fsp3) is 0.0952. The Hall–Kier alpha value is -3.03. The second kappa shape index (κ2) is 7.42. The molecule has 0 fully saturated rings. The lowest BCUT2D eigenvalue weighted by atomic mass is 10.1. The third-order valence-corrected chi connectivity index (χ3v) is 6.14. The molecule has 2 aromatic heterocycles. The summed E-state index contributed by atoms with van der Waals surface area (Å²) in [6.45, 7) is 2.00. The van der Waals surface area contributed by atoms with Crippen LogP contribution in [0.25, 0.3) is 16.9 Å². The summed E-state index contributed by atoms with van der Waals surface area (Å²) in [7, 11) is -2.48. The molecule has 0 saturated carbocycles. The first-order valence-corrected chi connectivity index (χ1v) is 10.6. The van der Waals surface area contributed by atoms with Gasteiger partial charge in [0.15, 0.2) is 0 Å². The maximum Gasteiger partial charge on any atom is 0.265 e. The van der Waals surface area contributed by atoms with Crippen LogP contribution in [0, 0.1) is 6.92 Å². The maximum absolute atomic E-state index is 12.9. The molecule has 2 aromatic carbocycles. The fourth-order valence-electron chi connectivity index (χ4n) is 3.11. The minimum Gasteiger partial charge on any atom is -0.495 e. The van der Waals surface area contributed by atoms with Crippen LogP contribution in [0.15, 0.2) is 71.9 Å². The number of hydrogen-bond donors (Lipinski definition) is 1. The van der Waals surface area contributed by atoms with Crippen molar-refractivity contribution in [2.75, 3.05) is 11.8 Å². The first-order valence-electron chi connectivity index (χ1n) is 8.78. The number of ether oxygens (including phenoxy) is 1. The zero-order chi connectivity index (χ0) is 20.6. The molecular weight excluding hydrogens is 410 g/mol. The number of pyridine rings is 1. The second-order valence-electron chi connectivity index (χ2n) is 6.53. The molecule has 0 bridgehead atoms. The van der Waals surface area contributed by atoms with Crippen molar-refractivity contribution >= 4 is 33.0 Å². The van der Waals surface area contributed by atoms with Gasteiger partial charge in [-0.15, -0.1) is 0 Å². The first kappa shape index (κ1) is 19.3. The van der Waals surface area contributed by atoms with E-state index in [0.29, 0.717) is 10.7 Å². The molecule has 0 saturated heterocycles. The summed E-state index contributed by atoms with van der Waals surface area (Å²) < 4.78 is 35.5. The summed E-state index contributed by atoms with van der Waals surface area (Å²) in [5.74, 6) is 0.217. The number of anilines is 1. The zero-order valence-electron chi connectivity index (χ0n) is 15.8. The molecule has 4 rings (SSSR count). The van der Waals surface area contributed by atoms with Crippen LogP contribution in [0.2, 0.25) is 5.02 Å². The van der Waals surface area contributed by atoms with Gasteiger partial charge in [0.25, 0.3) is 10.0 Å². The SMILES string of the molecule is COc1ccc(Cl)cc1S(=O)(=O)Nc1cccc(-c2cn3cccc(C)c3n2)c1. The van der Waals surface area contributed by atoms with Gasteiger partial charge in [0.05, 0.1) is 12.8 Å². The van der Waals surface area contributed by atoms with E-state index in [9.17, 15) is 8.42 Å². The van der Waals surface area contributed by atoms with Crippen molar-refractivity contribution in [3.63, 3.8) is 0 Å². The lowest BCUT2D eigenvalue weighted by Gasteiger charge is -2.12. The Morgan fingerprint density at radius 1 is 1.10 bits per heavy atom. The maximum atomic E-state index is 12.9. The smallest absolute Gasteiger partial charge is 0.265 e. The molecular formula is C21H18ClN3O3S. The van der Waals surface area contributed by atoms with Gasteiger partial charge >= 0.3 is 0 Å². The molecule has 0 aliphatic carbocycles. The summed E-state index contributed by atoms with van der Waals surface area (Å²) >= 11 is 5.98. The third-order valence-electron chi connectivity index (χ3n) is 4.50. The van der Waals surface area contributed by atoms with E-state index in [4.69, 9.17) is 16.3 Å². The Balaban J connectivity index is 1.70. The quantitative estimate of drug-likeness (QED) is 0.497. The van der Waals surface area contributed by atoms with E-state index in [2.05, 4.69) is 9.71 Å². The van der Waals surface area contributed by atoms with Crippen molar-refractivity contribution in [3.8, 4) is 17.0 Å². The third kappa shape index (κ3) is 3.79. The highest BCUT2D eigenvalue weighted by molar-refractivity contribution is 7.92. The van der Waals surface area contributed by atoms with Gasteiger partial charge in [0.1, 0.15) is 16.3 Å². The van der Waals surface area contributed by atoms with Crippen LogP contribution in [-0.4, -0.2) is 24.9 Å². The Morgan fingerprint density at radius 2 is 1.93 bits per heavy atom. The van der Waals surface area contributed by atoms with Crippen LogP contribution in [0.1, 0.15) is 5.56 Å². The van der Waals surface area contributed by atoms with Crippen molar-refractivity contribution < 1.29 is 13.2 Å². The molecule has 2 heterocycles. The average molecular weight is 428 g/mol. The lowest BCUT2D eigenvalue weighted by molar-refractivity contribution is 0.403. The van der Waals surface area contributed by atoms with Crippen molar-refractivity contribution in [2.45, 2.75) is 11.8 Å². The summed E-state index contributed by atoms with van der Waals surface area (Å²) in [5.41, 5.74) is 3.88. The highest BCUT2D eigenvalue weighted by Gasteiger charge is 2.20. The predicted octanol–water partition coefficient (Wildman–Crippen LogP) is 4.77. The summed E-state index contributed by atoms with van der Waals surface area (Å²) in [6.07, 6.45) is 3.84. The fourth-order valence-corrected chi connectivity index (χ4v) is 4.59. The van der Waals surface area contributed by atoms with Gasteiger partial charge in [-0.25, -0.2) is 13.4 Å². The topological polar surface area (TPSA) is 72.7 Å². The van der Waals surface area contributed by atoms with E-state index < -0.39 is 10.0 Å². The van der Waals surface area contributed by atoms with Crippen LogP contribution in [-0.2, 0) is 10.0 Å². The second-order valence-corrected chi connectivity index (χ2v) is 8.62. The highest BCUT2D eigenvalue weighted by Crippen LogP contribution is 2.30. The standard InChI is InChI=1S/C21H18ClN3O3S/c1-14-5-4-10-25-13-18(23-21(14)25)15-6-3-7-17(11-15)24-29(26,27)20-12-16(22)8-9-19(20)28-2/h3-13,24H,1-2H3. The molecule has 148 valence electrons. The van der Waals surface area contributed by atoms with E-state index in [1.165, 1.54) is 19.2 Å². The molecule has 8 heteroatoms. The van der Waals surface area contributed by atoms with Crippen molar-refractivity contribution in [1.29, 1.82) is 0 Å². The van der Waals surface area contributed by atoms with Crippen LogP contribution < -0.4 is 9.46 Å². The van der Waals surface area contributed by atoms with Gasteiger partial charge in [-0.2, -0.15) is 0 Å². The van der Waals surface area contributed by atoms with Crippen LogP contribution in [0.4, 0.5) is 5.69 Å². The molecule has 0 aliphatic rings. The summed E-state index contributed by atoms with van der Waals surface area (Å²) in [6, 6.07) is 15.5. The molecule has 0 radical (unpaired) electrons. The number of halogens is 1. The number of benzene rings is 2. The summed E-state index contributed by atoms with van der Waals surface area (Å²) in [5, 5.41) is 0.306. The monoisotopic (exact) mass is 427 g/mol. The minimum absolute atomic E-state index is 0.0266. The first-order chi connectivity index (χ1) is 13.9. The van der Waals surface area contributed by atoms with E-state index in [-0.39, 0.29) is 10.6 Å². The molecule has 4 aromatic rings. The molecule has 29 heavy (non-hydrogen) atoms. The molecule has 1 N–H and O–H groups in total. The van der Waals surface area contributed by atoms with Gasteiger partial charge in [0, 0.05) is 28.7 Å². The van der Waals surface area contributed by atoms with E-state index in [0.717, 1.165) is 22.5 Å². The van der Waals surface area contributed by atoms with Crippen LogP contribution in [0.5, 0.6) is 5.75 Å². The largest absolute Gasteiger partial charge is 0.495 e. The van der Waals surface area contributed by atoms with Gasteiger partial charge < -0.3 is 9.14 Å². The van der Waals surface area contributed by atoms with Gasteiger partial charge in [0.2, 0.25) is 0 Å². The lowest BCUT2D eigenvalue weighted by Crippen LogP contribution is -2.14. The number of fused-ring (bicyclic) bond motifs is 1. The average Bonchev–Trinajstić information content (AvgIpc) is 3.14. The number of aromatic nitrogens is 2. The zero-order valence-corrected chi connectivity index (χ0v) is 17.3. The van der Waals surface area contributed by atoms with Crippen molar-refractivity contribution in [3.05, 3.63) is 77.6 Å². The number of rotatable bonds is 5. The normalized spacial score (nSPS) is 11.6. The number of methoxy groups -OCH3 is 1. The molecule has 0 aliphatic heterocycles. The Morgan fingerprint density at radius 3 is 2.69 bits per heavy atom. The Kier molecular flexibility index (Phi) is 4.94. The molecule has 0 unspecified atom stereocenters. The van der Waals surface area contributed by atoms with Gasteiger partial charge in [-0.3, -0.25) is 4.72 Å². The van der Waals surface area contributed by atoms with Gasteiger partial charge in [-0.05, 0) is 48.9 Å². The Bertz CT molecular complexity index is 1320. The van der Waals surface area contributed by atoms with E-state index >= 15 is 0 Å². The minimum atomic E-state index is -3.89. The number of aryl methyl sites for hydroxylation is 1. The number of hydrogen-bond acceptors (Lipinski definition) is 4. The number of nitrogens with one attached hydrogen (secondary N) is 1. The van der Waals surface area contributed by atoms with Crippen LogP contribution in [0.3, 0.4) is 0 Å². The molecule has 0 spiro atoms. The number of nitrogens with zero attached hydrogens (tertiary/aromatic N) is 2.